The third-order valence-corrected chi connectivity index (χ3v) is 4.67. The van der Waals surface area contributed by atoms with E-state index in [1.54, 1.807) is 23.5 Å². The Bertz CT molecular complexity index is 737. The second-order valence-electron chi connectivity index (χ2n) is 4.96. The number of benzene rings is 1. The highest BCUT2D eigenvalue weighted by Crippen LogP contribution is 2.38. The van der Waals surface area contributed by atoms with Gasteiger partial charge in [0.2, 0.25) is 5.95 Å². The normalized spacial score (nSPS) is 20.8. The molecule has 1 aliphatic rings. The van der Waals surface area contributed by atoms with Crippen LogP contribution in [0.15, 0.2) is 41.8 Å². The molecule has 0 saturated heterocycles. The van der Waals surface area contributed by atoms with Crippen molar-refractivity contribution in [3.8, 4) is 0 Å². The first-order chi connectivity index (χ1) is 10.3. The van der Waals surface area contributed by atoms with Crippen LogP contribution in [0.5, 0.6) is 0 Å². The van der Waals surface area contributed by atoms with Crippen LogP contribution in [0.1, 0.15) is 28.9 Å². The van der Waals surface area contributed by atoms with Crippen LogP contribution in [-0.4, -0.2) is 20.2 Å². The summed E-state index contributed by atoms with van der Waals surface area (Å²) in [4.78, 5) is 1.22. The van der Waals surface area contributed by atoms with Gasteiger partial charge < -0.3 is 5.32 Å². The zero-order valence-electron chi connectivity index (χ0n) is 11.0. The van der Waals surface area contributed by atoms with Crippen molar-refractivity contribution >= 4 is 17.3 Å². The molecule has 2 aromatic heterocycles. The van der Waals surface area contributed by atoms with E-state index in [4.69, 9.17) is 0 Å². The lowest BCUT2D eigenvalue weighted by Gasteiger charge is -2.30. The van der Waals surface area contributed by atoms with E-state index in [1.165, 1.54) is 17.0 Å². The molecule has 1 N–H and O–H groups in total. The molecule has 0 radical (unpaired) electrons. The molecular formula is C14H12FN5S. The molecule has 3 aromatic rings. The Hall–Kier alpha value is -2.28. The van der Waals surface area contributed by atoms with E-state index in [9.17, 15) is 4.39 Å². The molecule has 5 nitrogen and oxygen atoms in total. The molecule has 4 rings (SSSR count). The number of hydrogen-bond donors (Lipinski definition) is 1. The highest BCUT2D eigenvalue weighted by molar-refractivity contribution is 7.10. The highest BCUT2D eigenvalue weighted by atomic mass is 32.1. The molecule has 1 aromatic carbocycles. The molecule has 0 bridgehead atoms. The first kappa shape index (κ1) is 12.5. The maximum atomic E-state index is 13.1. The van der Waals surface area contributed by atoms with E-state index in [0.717, 1.165) is 12.0 Å². The van der Waals surface area contributed by atoms with Gasteiger partial charge in [0.05, 0.1) is 12.1 Å². The molecule has 0 spiro atoms. The predicted octanol–water partition coefficient (Wildman–Crippen LogP) is 3.02. The summed E-state index contributed by atoms with van der Waals surface area (Å²) >= 11 is 1.69. The molecule has 0 saturated carbocycles. The van der Waals surface area contributed by atoms with Gasteiger partial charge in [-0.05, 0) is 46.0 Å². The number of tetrazole rings is 1. The molecule has 0 amide bonds. The minimum absolute atomic E-state index is 0.0659. The molecule has 106 valence electrons. The maximum absolute atomic E-state index is 13.1. The molecular weight excluding hydrogens is 289 g/mol. The van der Waals surface area contributed by atoms with Gasteiger partial charge in [0.25, 0.3) is 0 Å². The van der Waals surface area contributed by atoms with Gasteiger partial charge in [-0.25, -0.2) is 9.07 Å². The molecule has 0 unspecified atom stereocenters. The average Bonchev–Trinajstić information content (AvgIpc) is 3.18. The topological polar surface area (TPSA) is 55.6 Å². The van der Waals surface area contributed by atoms with Crippen LogP contribution in [0.4, 0.5) is 10.3 Å². The van der Waals surface area contributed by atoms with Crippen molar-refractivity contribution < 1.29 is 4.39 Å². The van der Waals surface area contributed by atoms with Crippen LogP contribution >= 0.6 is 11.3 Å². The zero-order chi connectivity index (χ0) is 14.2. The van der Waals surface area contributed by atoms with E-state index in [0.29, 0.717) is 5.95 Å². The van der Waals surface area contributed by atoms with Gasteiger partial charge in [-0.3, -0.25) is 0 Å². The van der Waals surface area contributed by atoms with E-state index >= 15 is 0 Å². The van der Waals surface area contributed by atoms with Gasteiger partial charge in [0.1, 0.15) is 5.82 Å². The standard InChI is InChI=1S/C14H12FN5S/c15-10-5-3-9(4-6-10)11-8-12(13-2-1-7-21-13)20-14(16-11)17-18-19-20/h1-7,11-12H,8H2,(H,16,17,19)/t11-,12+/m0/s1. The smallest absolute Gasteiger partial charge is 0.244 e. The Morgan fingerprint density at radius 2 is 2.10 bits per heavy atom. The summed E-state index contributed by atoms with van der Waals surface area (Å²) in [6.07, 6.45) is 0.824. The second kappa shape index (κ2) is 4.92. The van der Waals surface area contributed by atoms with Gasteiger partial charge >= 0.3 is 0 Å². The van der Waals surface area contributed by atoms with Crippen molar-refractivity contribution in [2.24, 2.45) is 0 Å². The molecule has 1 aliphatic heterocycles. The highest BCUT2D eigenvalue weighted by Gasteiger charge is 2.31. The zero-order valence-corrected chi connectivity index (χ0v) is 11.8. The summed E-state index contributed by atoms with van der Waals surface area (Å²) in [6.45, 7) is 0. The third kappa shape index (κ3) is 2.19. The number of hydrogen-bond acceptors (Lipinski definition) is 5. The minimum atomic E-state index is -0.228. The van der Waals surface area contributed by atoms with Crippen LogP contribution in [-0.2, 0) is 0 Å². The summed E-state index contributed by atoms with van der Waals surface area (Å²) in [5.74, 6) is 0.420. The predicted molar refractivity (Wildman–Crippen MR) is 77.7 cm³/mol. The second-order valence-corrected chi connectivity index (χ2v) is 5.94. The maximum Gasteiger partial charge on any atom is 0.244 e. The number of aromatic nitrogens is 4. The van der Waals surface area contributed by atoms with E-state index in [1.807, 2.05) is 16.1 Å². The summed E-state index contributed by atoms with van der Waals surface area (Å²) in [5, 5.41) is 17.2. The van der Waals surface area contributed by atoms with Gasteiger partial charge in [-0.15, -0.1) is 11.3 Å². The monoisotopic (exact) mass is 301 g/mol. The summed E-state index contributed by atoms with van der Waals surface area (Å²) in [6, 6.07) is 10.9. The summed E-state index contributed by atoms with van der Waals surface area (Å²) in [7, 11) is 0. The van der Waals surface area contributed by atoms with Crippen molar-refractivity contribution in [3.63, 3.8) is 0 Å². The summed E-state index contributed by atoms with van der Waals surface area (Å²) < 4.78 is 14.9. The number of anilines is 1. The van der Waals surface area contributed by atoms with E-state index in [-0.39, 0.29) is 17.9 Å². The minimum Gasteiger partial charge on any atom is -0.346 e. The quantitative estimate of drug-likeness (QED) is 0.790. The molecule has 3 heterocycles. The number of rotatable bonds is 2. The van der Waals surface area contributed by atoms with Gasteiger partial charge in [0.15, 0.2) is 0 Å². The van der Waals surface area contributed by atoms with Gasteiger partial charge in [0, 0.05) is 4.88 Å². The number of halogens is 1. The Morgan fingerprint density at radius 1 is 1.24 bits per heavy atom. The average molecular weight is 301 g/mol. The molecule has 0 aliphatic carbocycles. The molecule has 21 heavy (non-hydrogen) atoms. The molecule has 0 fully saturated rings. The van der Waals surface area contributed by atoms with E-state index in [2.05, 4.69) is 26.9 Å². The lowest BCUT2D eigenvalue weighted by Crippen LogP contribution is -2.27. The van der Waals surface area contributed by atoms with Crippen LogP contribution in [0, 0.1) is 5.82 Å². The number of nitrogens with zero attached hydrogens (tertiary/aromatic N) is 4. The summed E-state index contributed by atoms with van der Waals surface area (Å²) in [5.41, 5.74) is 1.03. The first-order valence-corrected chi connectivity index (χ1v) is 7.52. The van der Waals surface area contributed by atoms with Crippen molar-refractivity contribution in [3.05, 3.63) is 58.0 Å². The Morgan fingerprint density at radius 3 is 2.86 bits per heavy atom. The fraction of sp³-hybridized carbons (Fsp3) is 0.214. The Kier molecular flexibility index (Phi) is 2.92. The van der Waals surface area contributed by atoms with Crippen molar-refractivity contribution in [1.29, 1.82) is 0 Å². The Balaban J connectivity index is 1.72. The SMILES string of the molecule is Fc1ccc([C@@H]2C[C@H](c3cccs3)n3nnnc3N2)cc1. The number of fused-ring (bicyclic) bond motifs is 1. The number of thiophene rings is 1. The van der Waals surface area contributed by atoms with Crippen molar-refractivity contribution in [2.75, 3.05) is 5.32 Å². The van der Waals surface area contributed by atoms with Crippen LogP contribution in [0.2, 0.25) is 0 Å². The first-order valence-electron chi connectivity index (χ1n) is 6.64. The van der Waals surface area contributed by atoms with Gasteiger partial charge in [-0.1, -0.05) is 23.3 Å². The Labute approximate surface area is 124 Å². The van der Waals surface area contributed by atoms with Crippen molar-refractivity contribution in [2.45, 2.75) is 18.5 Å². The lowest BCUT2D eigenvalue weighted by molar-refractivity contribution is 0.429. The third-order valence-electron chi connectivity index (χ3n) is 3.69. The van der Waals surface area contributed by atoms with Gasteiger partial charge in [-0.2, -0.15) is 0 Å². The lowest BCUT2D eigenvalue weighted by atomic mass is 9.97. The molecule has 2 atom stereocenters. The fourth-order valence-corrected chi connectivity index (χ4v) is 3.49. The van der Waals surface area contributed by atoms with Crippen LogP contribution in [0.3, 0.4) is 0 Å². The van der Waals surface area contributed by atoms with Crippen LogP contribution < -0.4 is 5.32 Å². The number of nitrogens with one attached hydrogen (secondary N) is 1. The molecule has 7 heteroatoms. The van der Waals surface area contributed by atoms with E-state index < -0.39 is 0 Å². The fourth-order valence-electron chi connectivity index (χ4n) is 2.67. The largest absolute Gasteiger partial charge is 0.346 e. The van der Waals surface area contributed by atoms with Crippen molar-refractivity contribution in [1.82, 2.24) is 20.2 Å². The van der Waals surface area contributed by atoms with Crippen LogP contribution in [0.25, 0.3) is 0 Å².